The van der Waals surface area contributed by atoms with Gasteiger partial charge in [-0.3, -0.25) is 0 Å². The van der Waals surface area contributed by atoms with Gasteiger partial charge in [-0.2, -0.15) is 13.2 Å². The largest absolute Gasteiger partial charge is 0.478 e. The molecule has 0 atom stereocenters. The third-order valence-electron chi connectivity index (χ3n) is 2.58. The second kappa shape index (κ2) is 6.11. The van der Waals surface area contributed by atoms with E-state index in [1.165, 1.54) is 36.4 Å². The molecule has 110 valence electrons. The molecule has 0 heterocycles. The van der Waals surface area contributed by atoms with E-state index in [1.807, 2.05) is 0 Å². The SMILES string of the molecule is O=C(O)c1ccc(Sc2ccc(Br)cc2C(F)(F)F)cc1. The minimum absolute atomic E-state index is 0.0637. The monoisotopic (exact) mass is 376 g/mol. The first kappa shape index (κ1) is 15.9. The zero-order valence-electron chi connectivity index (χ0n) is 10.3. The van der Waals surface area contributed by atoms with Gasteiger partial charge in [-0.05, 0) is 42.5 Å². The quantitative estimate of drug-likeness (QED) is 0.787. The molecule has 0 saturated carbocycles. The average Bonchev–Trinajstić information content (AvgIpc) is 2.40. The maximum Gasteiger partial charge on any atom is 0.417 e. The van der Waals surface area contributed by atoms with Crippen molar-refractivity contribution < 1.29 is 23.1 Å². The van der Waals surface area contributed by atoms with Crippen LogP contribution in [0.15, 0.2) is 56.7 Å². The summed E-state index contributed by atoms with van der Waals surface area (Å²) in [4.78, 5) is 11.3. The molecule has 0 fully saturated rings. The first-order valence-electron chi connectivity index (χ1n) is 5.65. The summed E-state index contributed by atoms with van der Waals surface area (Å²) in [7, 11) is 0. The van der Waals surface area contributed by atoms with Gasteiger partial charge in [0.1, 0.15) is 0 Å². The maximum atomic E-state index is 13.0. The van der Waals surface area contributed by atoms with Crippen molar-refractivity contribution in [2.24, 2.45) is 0 Å². The van der Waals surface area contributed by atoms with E-state index in [0.717, 1.165) is 17.8 Å². The Morgan fingerprint density at radius 1 is 1.10 bits per heavy atom. The predicted molar refractivity (Wildman–Crippen MR) is 76.7 cm³/mol. The van der Waals surface area contributed by atoms with E-state index in [0.29, 0.717) is 9.37 Å². The number of carboxylic acid groups (broad SMARTS) is 1. The van der Waals surface area contributed by atoms with Crippen LogP contribution in [0.3, 0.4) is 0 Å². The third kappa shape index (κ3) is 4.01. The molecule has 2 nitrogen and oxygen atoms in total. The molecule has 0 radical (unpaired) electrons. The summed E-state index contributed by atoms with van der Waals surface area (Å²) in [6.07, 6.45) is -4.45. The van der Waals surface area contributed by atoms with Crippen LogP contribution < -0.4 is 0 Å². The maximum absolute atomic E-state index is 13.0. The second-order valence-corrected chi connectivity index (χ2v) is 6.10. The smallest absolute Gasteiger partial charge is 0.417 e. The van der Waals surface area contributed by atoms with Crippen LogP contribution in [-0.4, -0.2) is 11.1 Å². The van der Waals surface area contributed by atoms with Gasteiger partial charge in [0.05, 0.1) is 11.1 Å². The van der Waals surface area contributed by atoms with Gasteiger partial charge in [-0.15, -0.1) is 0 Å². The molecule has 0 aliphatic heterocycles. The molecule has 7 heteroatoms. The summed E-state index contributed by atoms with van der Waals surface area (Å²) >= 11 is 3.96. The van der Waals surface area contributed by atoms with Gasteiger partial charge in [0.15, 0.2) is 0 Å². The van der Waals surface area contributed by atoms with E-state index in [9.17, 15) is 18.0 Å². The Morgan fingerprint density at radius 2 is 1.71 bits per heavy atom. The van der Waals surface area contributed by atoms with Crippen molar-refractivity contribution in [1.82, 2.24) is 0 Å². The van der Waals surface area contributed by atoms with Gasteiger partial charge < -0.3 is 5.11 Å². The number of hydrogen-bond donors (Lipinski definition) is 1. The van der Waals surface area contributed by atoms with Crippen molar-refractivity contribution in [2.45, 2.75) is 16.0 Å². The van der Waals surface area contributed by atoms with Crippen LogP contribution >= 0.6 is 27.7 Å². The van der Waals surface area contributed by atoms with Crippen molar-refractivity contribution in [3.63, 3.8) is 0 Å². The van der Waals surface area contributed by atoms with Crippen molar-refractivity contribution in [3.8, 4) is 0 Å². The van der Waals surface area contributed by atoms with Crippen molar-refractivity contribution in [1.29, 1.82) is 0 Å². The van der Waals surface area contributed by atoms with Crippen LogP contribution in [-0.2, 0) is 6.18 Å². The lowest BCUT2D eigenvalue weighted by Gasteiger charge is -2.13. The van der Waals surface area contributed by atoms with Crippen molar-refractivity contribution in [3.05, 3.63) is 58.1 Å². The highest BCUT2D eigenvalue weighted by atomic mass is 79.9. The number of aromatic carboxylic acids is 1. The highest BCUT2D eigenvalue weighted by molar-refractivity contribution is 9.10. The first-order chi connectivity index (χ1) is 9.77. The second-order valence-electron chi connectivity index (χ2n) is 4.07. The summed E-state index contributed by atoms with van der Waals surface area (Å²) in [5.41, 5.74) is -0.643. The minimum Gasteiger partial charge on any atom is -0.478 e. The molecule has 0 aliphatic carbocycles. The zero-order valence-corrected chi connectivity index (χ0v) is 12.7. The number of benzene rings is 2. The Hall–Kier alpha value is -1.47. The van der Waals surface area contributed by atoms with Crippen LogP contribution in [0.2, 0.25) is 0 Å². The number of carboxylic acids is 1. The van der Waals surface area contributed by atoms with Crippen LogP contribution in [0.25, 0.3) is 0 Å². The minimum atomic E-state index is -4.45. The molecule has 0 unspecified atom stereocenters. The molecule has 1 N–H and O–H groups in total. The summed E-state index contributed by atoms with van der Waals surface area (Å²) in [5.74, 6) is -1.08. The highest BCUT2D eigenvalue weighted by Gasteiger charge is 2.33. The van der Waals surface area contributed by atoms with E-state index < -0.39 is 17.7 Å². The van der Waals surface area contributed by atoms with Crippen LogP contribution in [0.5, 0.6) is 0 Å². The molecule has 0 bridgehead atoms. The summed E-state index contributed by atoms with van der Waals surface area (Å²) in [6, 6.07) is 9.61. The Labute approximate surface area is 131 Å². The molecule has 0 saturated heterocycles. The fraction of sp³-hybridized carbons (Fsp3) is 0.0714. The molecule has 0 aromatic heterocycles. The molecule has 0 amide bonds. The van der Waals surface area contributed by atoms with E-state index in [1.54, 1.807) is 0 Å². The van der Waals surface area contributed by atoms with Gasteiger partial charge in [0.25, 0.3) is 0 Å². The van der Waals surface area contributed by atoms with E-state index >= 15 is 0 Å². The van der Waals surface area contributed by atoms with Gasteiger partial charge >= 0.3 is 12.1 Å². The Morgan fingerprint density at radius 3 is 2.24 bits per heavy atom. The Kier molecular flexibility index (Phi) is 4.63. The number of rotatable bonds is 3. The normalized spacial score (nSPS) is 11.4. The Bertz CT molecular complexity index is 669. The molecule has 0 aliphatic rings. The van der Waals surface area contributed by atoms with Crippen molar-refractivity contribution >= 4 is 33.7 Å². The standard InChI is InChI=1S/C14H8BrF3O2S/c15-9-3-6-12(11(7-9)14(16,17)18)21-10-4-1-8(2-5-10)13(19)20/h1-7H,(H,19,20). The fourth-order valence-corrected chi connectivity index (χ4v) is 2.91. The summed E-state index contributed by atoms with van der Waals surface area (Å²) in [5, 5.41) is 8.79. The van der Waals surface area contributed by atoms with Crippen molar-refractivity contribution in [2.75, 3.05) is 0 Å². The summed E-state index contributed by atoms with van der Waals surface area (Å²) in [6.45, 7) is 0. The molecule has 2 aromatic rings. The average molecular weight is 377 g/mol. The van der Waals surface area contributed by atoms with E-state index in [-0.39, 0.29) is 10.5 Å². The third-order valence-corrected chi connectivity index (χ3v) is 4.15. The Balaban J connectivity index is 2.33. The number of alkyl halides is 3. The van der Waals surface area contributed by atoms with Crippen LogP contribution in [0.4, 0.5) is 13.2 Å². The van der Waals surface area contributed by atoms with Crippen LogP contribution in [0, 0.1) is 0 Å². The van der Waals surface area contributed by atoms with Gasteiger partial charge in [0.2, 0.25) is 0 Å². The lowest BCUT2D eigenvalue weighted by molar-refractivity contribution is -0.139. The first-order valence-corrected chi connectivity index (χ1v) is 7.26. The molecule has 2 aromatic carbocycles. The number of carbonyl (C=O) groups is 1. The van der Waals surface area contributed by atoms with Gasteiger partial charge in [0, 0.05) is 14.3 Å². The zero-order chi connectivity index (χ0) is 15.6. The van der Waals surface area contributed by atoms with E-state index in [4.69, 9.17) is 5.11 Å². The lowest BCUT2D eigenvalue weighted by atomic mass is 10.2. The topological polar surface area (TPSA) is 37.3 Å². The lowest BCUT2D eigenvalue weighted by Crippen LogP contribution is -2.06. The molecule has 0 spiro atoms. The summed E-state index contributed by atoms with van der Waals surface area (Å²) < 4.78 is 39.3. The van der Waals surface area contributed by atoms with Gasteiger partial charge in [-0.1, -0.05) is 27.7 Å². The number of hydrogen-bond acceptors (Lipinski definition) is 2. The fourth-order valence-electron chi connectivity index (χ4n) is 1.61. The molecular weight excluding hydrogens is 369 g/mol. The highest BCUT2D eigenvalue weighted by Crippen LogP contribution is 2.40. The van der Waals surface area contributed by atoms with E-state index in [2.05, 4.69) is 15.9 Å². The molecule has 21 heavy (non-hydrogen) atoms. The molecular formula is C14H8BrF3O2S. The van der Waals surface area contributed by atoms with Gasteiger partial charge in [-0.25, -0.2) is 4.79 Å². The predicted octanol–water partition coefficient (Wildman–Crippen LogP) is 5.32. The van der Waals surface area contributed by atoms with Crippen LogP contribution in [0.1, 0.15) is 15.9 Å². The molecule has 2 rings (SSSR count). The number of halogens is 4.